The largest absolute Gasteiger partial charge is 0.351 e. The summed E-state index contributed by atoms with van der Waals surface area (Å²) in [5, 5.41) is 19.3. The molecule has 7 rings (SSSR count). The molecule has 10 nitrogen and oxygen atoms in total. The van der Waals surface area contributed by atoms with Crippen molar-refractivity contribution in [3.8, 4) is 11.1 Å². The Kier molecular flexibility index (Phi) is 5.44. The third kappa shape index (κ3) is 4.59. The number of hydrogen-bond acceptors (Lipinski definition) is 7. The lowest BCUT2D eigenvalue weighted by Crippen LogP contribution is -2.38. The number of carbonyl (C=O) groups is 1. The molecule has 0 unspecified atom stereocenters. The highest BCUT2D eigenvalue weighted by molar-refractivity contribution is 5.76. The topological polar surface area (TPSA) is 118 Å². The Morgan fingerprint density at radius 3 is 2.57 bits per heavy atom. The number of nitrogens with one attached hydrogen (secondary N) is 2. The number of aromatic nitrogens is 7. The second-order valence-corrected chi connectivity index (χ2v) is 10.4. The van der Waals surface area contributed by atoms with Crippen molar-refractivity contribution in [3.05, 3.63) is 71.1 Å². The summed E-state index contributed by atoms with van der Waals surface area (Å²) in [6, 6.07) is 8.89. The molecule has 1 aromatic carbocycles. The van der Waals surface area contributed by atoms with Crippen LogP contribution in [0.5, 0.6) is 0 Å². The predicted octanol–water partition coefficient (Wildman–Crippen LogP) is 2.57. The summed E-state index contributed by atoms with van der Waals surface area (Å²) in [5.74, 6) is 1.36. The van der Waals surface area contributed by atoms with Crippen LogP contribution in [0.15, 0.2) is 42.9 Å². The second-order valence-electron chi connectivity index (χ2n) is 10.4. The molecule has 1 amide bonds. The van der Waals surface area contributed by atoms with E-state index in [1.165, 1.54) is 24.0 Å². The van der Waals surface area contributed by atoms with Gasteiger partial charge in [-0.05, 0) is 49.1 Å². The Labute approximate surface area is 214 Å². The molecular formula is C27H29N9O. The number of hydrogen-bond donors (Lipinski definition) is 2. The van der Waals surface area contributed by atoms with Gasteiger partial charge in [0.25, 0.3) is 0 Å². The maximum atomic E-state index is 13.1. The molecule has 1 saturated carbocycles. The van der Waals surface area contributed by atoms with Crippen molar-refractivity contribution in [1.29, 1.82) is 0 Å². The van der Waals surface area contributed by atoms with Gasteiger partial charge in [-0.25, -0.2) is 9.97 Å². The molecule has 0 saturated heterocycles. The molecular weight excluding hydrogens is 466 g/mol. The van der Waals surface area contributed by atoms with Crippen molar-refractivity contribution in [2.75, 3.05) is 11.9 Å². The Hall–Kier alpha value is -4.08. The van der Waals surface area contributed by atoms with Crippen molar-refractivity contribution in [2.24, 2.45) is 5.92 Å². The first-order valence-electron chi connectivity index (χ1n) is 13.1. The average molecular weight is 496 g/mol. The molecule has 4 heterocycles. The molecule has 0 bridgehead atoms. The van der Waals surface area contributed by atoms with Gasteiger partial charge in [-0.1, -0.05) is 24.3 Å². The lowest BCUT2D eigenvalue weighted by molar-refractivity contribution is -0.133. The summed E-state index contributed by atoms with van der Waals surface area (Å²) in [4.78, 5) is 24.1. The summed E-state index contributed by atoms with van der Waals surface area (Å²) < 4.78 is 1.77. The van der Waals surface area contributed by atoms with Crippen LogP contribution in [0.25, 0.3) is 11.1 Å². The first kappa shape index (κ1) is 22.1. The number of benzene rings is 1. The van der Waals surface area contributed by atoms with Gasteiger partial charge >= 0.3 is 0 Å². The van der Waals surface area contributed by atoms with Gasteiger partial charge in [0.1, 0.15) is 12.2 Å². The molecule has 37 heavy (non-hydrogen) atoms. The Morgan fingerprint density at radius 1 is 1.05 bits per heavy atom. The summed E-state index contributed by atoms with van der Waals surface area (Å²) in [6.45, 7) is 1.34. The van der Waals surface area contributed by atoms with E-state index in [4.69, 9.17) is 5.10 Å². The molecule has 4 aromatic rings. The van der Waals surface area contributed by atoms with Gasteiger partial charge in [0.05, 0.1) is 17.9 Å². The van der Waals surface area contributed by atoms with Crippen LogP contribution in [-0.2, 0) is 43.6 Å². The first-order valence-corrected chi connectivity index (χ1v) is 13.1. The fourth-order valence-electron chi connectivity index (χ4n) is 5.47. The van der Waals surface area contributed by atoms with Crippen LogP contribution < -0.4 is 5.32 Å². The highest BCUT2D eigenvalue weighted by Crippen LogP contribution is 2.35. The zero-order chi connectivity index (χ0) is 24.8. The van der Waals surface area contributed by atoms with E-state index >= 15 is 0 Å². The van der Waals surface area contributed by atoms with E-state index in [1.807, 2.05) is 23.5 Å². The zero-order valence-electron chi connectivity index (χ0n) is 20.6. The monoisotopic (exact) mass is 495 g/mol. The normalized spacial score (nSPS) is 17.0. The van der Waals surface area contributed by atoms with Crippen LogP contribution in [0.4, 0.5) is 5.95 Å². The minimum absolute atomic E-state index is 0.0361. The van der Waals surface area contributed by atoms with E-state index in [2.05, 4.69) is 55.0 Å². The van der Waals surface area contributed by atoms with Crippen LogP contribution in [-0.4, -0.2) is 58.6 Å². The molecule has 2 N–H and O–H groups in total. The number of nitrogens with zero attached hydrogens (tertiary/aromatic N) is 7. The minimum atomic E-state index is 0.0361. The number of aromatic amines is 1. The van der Waals surface area contributed by atoms with E-state index < -0.39 is 0 Å². The highest BCUT2D eigenvalue weighted by Gasteiger charge is 2.27. The number of anilines is 1. The predicted molar refractivity (Wildman–Crippen MR) is 136 cm³/mol. The van der Waals surface area contributed by atoms with Crippen molar-refractivity contribution in [2.45, 2.75) is 57.7 Å². The lowest BCUT2D eigenvalue weighted by atomic mass is 10.1. The zero-order valence-corrected chi connectivity index (χ0v) is 20.6. The average Bonchev–Trinajstić information content (AvgIpc) is 3.27. The number of fused-ring (bicyclic) bond motifs is 2. The second kappa shape index (κ2) is 9.10. The van der Waals surface area contributed by atoms with Crippen LogP contribution in [0.2, 0.25) is 0 Å². The molecule has 1 fully saturated rings. The summed E-state index contributed by atoms with van der Waals surface area (Å²) >= 11 is 0. The third-order valence-electron chi connectivity index (χ3n) is 7.68. The molecule has 0 spiro atoms. The molecule has 188 valence electrons. The van der Waals surface area contributed by atoms with Gasteiger partial charge in [0, 0.05) is 48.7 Å². The number of H-pyrrole nitrogens is 1. The molecule has 3 aliphatic rings. The third-order valence-corrected chi connectivity index (χ3v) is 7.68. The fourth-order valence-corrected chi connectivity index (χ4v) is 5.47. The van der Waals surface area contributed by atoms with E-state index in [1.54, 1.807) is 4.68 Å². The molecule has 3 aromatic heterocycles. The van der Waals surface area contributed by atoms with Crippen molar-refractivity contribution < 1.29 is 4.79 Å². The van der Waals surface area contributed by atoms with Crippen LogP contribution in [0.1, 0.15) is 41.1 Å². The van der Waals surface area contributed by atoms with Gasteiger partial charge < -0.3 is 10.2 Å². The van der Waals surface area contributed by atoms with Gasteiger partial charge in [0.2, 0.25) is 11.9 Å². The van der Waals surface area contributed by atoms with E-state index in [-0.39, 0.29) is 12.5 Å². The van der Waals surface area contributed by atoms with Crippen molar-refractivity contribution in [1.82, 2.24) is 40.1 Å². The standard InChI is InChI=1S/C27H29N9O/c37-26(35-8-7-23-25(15-35)32-34-31-23)16-36-14-22(24(33-36)9-17-5-6-17)20-12-28-27(29-13-20)30-21-10-18-3-1-2-4-19(18)11-21/h1-4,12-14,17,21H,5-11,15-16H2,(H,28,29,30)(H,31,32,34). The first-order chi connectivity index (χ1) is 18.2. The number of amides is 1. The van der Waals surface area contributed by atoms with Gasteiger partial charge in [-0.3, -0.25) is 9.48 Å². The molecule has 0 radical (unpaired) electrons. The highest BCUT2D eigenvalue weighted by atomic mass is 16.2. The van der Waals surface area contributed by atoms with E-state index in [9.17, 15) is 4.79 Å². The SMILES string of the molecule is O=C(Cn1cc(-c2cnc(NC3Cc4ccccc4C3)nc2)c(CC2CC2)n1)N1CCc2n[nH]nc2C1. The summed E-state index contributed by atoms with van der Waals surface area (Å²) in [5.41, 5.74) is 7.55. The van der Waals surface area contributed by atoms with E-state index in [0.29, 0.717) is 31.0 Å². The van der Waals surface area contributed by atoms with Crippen molar-refractivity contribution >= 4 is 11.9 Å². The van der Waals surface area contributed by atoms with Crippen LogP contribution in [0.3, 0.4) is 0 Å². The Balaban J connectivity index is 1.06. The molecule has 10 heteroatoms. The quantitative estimate of drug-likeness (QED) is 0.405. The number of carbonyl (C=O) groups excluding carboxylic acids is 1. The molecule has 2 aliphatic carbocycles. The van der Waals surface area contributed by atoms with Crippen LogP contribution >= 0.6 is 0 Å². The lowest BCUT2D eigenvalue weighted by Gasteiger charge is -2.25. The van der Waals surface area contributed by atoms with Crippen LogP contribution in [0, 0.1) is 5.92 Å². The van der Waals surface area contributed by atoms with E-state index in [0.717, 1.165) is 53.9 Å². The van der Waals surface area contributed by atoms with Gasteiger partial charge in [-0.2, -0.15) is 20.5 Å². The number of rotatable bonds is 7. The fraction of sp³-hybridized carbons (Fsp3) is 0.407. The van der Waals surface area contributed by atoms with Crippen molar-refractivity contribution in [3.63, 3.8) is 0 Å². The summed E-state index contributed by atoms with van der Waals surface area (Å²) in [7, 11) is 0. The minimum Gasteiger partial charge on any atom is -0.351 e. The van der Waals surface area contributed by atoms with Gasteiger partial charge in [0.15, 0.2) is 0 Å². The Morgan fingerprint density at radius 2 is 1.81 bits per heavy atom. The smallest absolute Gasteiger partial charge is 0.244 e. The maximum Gasteiger partial charge on any atom is 0.244 e. The molecule has 1 aliphatic heterocycles. The van der Waals surface area contributed by atoms with Gasteiger partial charge in [-0.15, -0.1) is 0 Å². The summed E-state index contributed by atoms with van der Waals surface area (Å²) in [6.07, 6.45) is 11.8. The maximum absolute atomic E-state index is 13.1. The molecule has 0 atom stereocenters. The Bertz CT molecular complexity index is 1410.